The standard InChI is InChI=1S/C26H29N3O5/c1-32-9-10-34-21-6-4-15(11-22(21)33-2)19-12-18-16(14-28-19)3-5-17-23(25(30)31)20(29-24(17)18)13-26(27)7-8-26/h4,6,11-12,14,29H,3,5,7-10,13,27H2,1-2H3,(H,30,31). The third kappa shape index (κ3) is 4.15. The van der Waals surface area contributed by atoms with Crippen molar-refractivity contribution in [1.82, 2.24) is 9.97 Å². The fourth-order valence-electron chi connectivity index (χ4n) is 4.67. The van der Waals surface area contributed by atoms with Crippen molar-refractivity contribution in [2.45, 2.75) is 37.6 Å². The number of methoxy groups -OCH3 is 2. The molecule has 34 heavy (non-hydrogen) atoms. The first-order valence-corrected chi connectivity index (χ1v) is 11.5. The smallest absolute Gasteiger partial charge is 0.337 e. The molecule has 0 spiro atoms. The lowest BCUT2D eigenvalue weighted by Crippen LogP contribution is -2.25. The van der Waals surface area contributed by atoms with Crippen molar-refractivity contribution in [2.75, 3.05) is 27.4 Å². The number of aromatic nitrogens is 2. The Kier molecular flexibility index (Phi) is 5.79. The molecule has 0 unspecified atom stereocenters. The average molecular weight is 464 g/mol. The number of ether oxygens (including phenoxy) is 3. The number of rotatable bonds is 9. The maximum atomic E-state index is 12.2. The van der Waals surface area contributed by atoms with Crippen LogP contribution in [0.4, 0.5) is 0 Å². The van der Waals surface area contributed by atoms with Crippen LogP contribution in [0.3, 0.4) is 0 Å². The molecule has 3 aromatic rings. The van der Waals surface area contributed by atoms with E-state index in [4.69, 9.17) is 19.9 Å². The summed E-state index contributed by atoms with van der Waals surface area (Å²) < 4.78 is 16.3. The van der Waals surface area contributed by atoms with Crippen molar-refractivity contribution in [1.29, 1.82) is 0 Å². The van der Waals surface area contributed by atoms with Crippen molar-refractivity contribution in [3.8, 4) is 34.0 Å². The highest BCUT2D eigenvalue weighted by Gasteiger charge is 2.40. The van der Waals surface area contributed by atoms with E-state index in [-0.39, 0.29) is 5.54 Å². The molecule has 0 radical (unpaired) electrons. The Bertz CT molecular complexity index is 1250. The van der Waals surface area contributed by atoms with Crippen LogP contribution in [0, 0.1) is 0 Å². The SMILES string of the molecule is COCCOc1ccc(-c2cc3c(cn2)CCc2c-3[nH]c(CC3(N)CC3)c2C(=O)O)cc1OC. The Morgan fingerprint density at radius 1 is 1.18 bits per heavy atom. The summed E-state index contributed by atoms with van der Waals surface area (Å²) in [6.45, 7) is 0.915. The zero-order valence-corrected chi connectivity index (χ0v) is 19.4. The van der Waals surface area contributed by atoms with Gasteiger partial charge >= 0.3 is 5.97 Å². The zero-order chi connectivity index (χ0) is 23.9. The molecular weight excluding hydrogens is 434 g/mol. The van der Waals surface area contributed by atoms with Crippen LogP contribution < -0.4 is 15.2 Å². The first-order valence-electron chi connectivity index (χ1n) is 11.5. The molecule has 5 rings (SSSR count). The van der Waals surface area contributed by atoms with Crippen LogP contribution >= 0.6 is 0 Å². The van der Waals surface area contributed by atoms with Crippen LogP contribution in [-0.2, 0) is 24.0 Å². The molecule has 8 heteroatoms. The van der Waals surface area contributed by atoms with Crippen LogP contribution in [0.1, 0.15) is 40.0 Å². The second-order valence-electron chi connectivity index (χ2n) is 9.11. The predicted molar refractivity (Wildman–Crippen MR) is 128 cm³/mol. The van der Waals surface area contributed by atoms with Gasteiger partial charge in [0.15, 0.2) is 11.5 Å². The van der Waals surface area contributed by atoms with Gasteiger partial charge in [0.05, 0.1) is 30.7 Å². The first-order chi connectivity index (χ1) is 16.4. The molecule has 8 nitrogen and oxygen atoms in total. The second kappa shape index (κ2) is 8.77. The summed E-state index contributed by atoms with van der Waals surface area (Å²) in [5.41, 5.74) is 12.6. The number of pyridine rings is 1. The van der Waals surface area contributed by atoms with E-state index in [2.05, 4.69) is 9.97 Å². The lowest BCUT2D eigenvalue weighted by Gasteiger charge is -2.18. The largest absolute Gasteiger partial charge is 0.493 e. The zero-order valence-electron chi connectivity index (χ0n) is 19.4. The summed E-state index contributed by atoms with van der Waals surface area (Å²) in [4.78, 5) is 20.3. The highest BCUT2D eigenvalue weighted by molar-refractivity contribution is 5.95. The maximum Gasteiger partial charge on any atom is 0.337 e. The van der Waals surface area contributed by atoms with Gasteiger partial charge in [-0.2, -0.15) is 0 Å². The summed E-state index contributed by atoms with van der Waals surface area (Å²) in [5, 5.41) is 9.96. The number of H-pyrrole nitrogens is 1. The number of carboxylic acid groups (broad SMARTS) is 1. The topological polar surface area (TPSA) is 120 Å². The van der Waals surface area contributed by atoms with Gasteiger partial charge in [0.2, 0.25) is 0 Å². The normalized spacial score (nSPS) is 15.4. The third-order valence-electron chi connectivity index (χ3n) is 6.72. The number of nitrogens with one attached hydrogen (secondary N) is 1. The Labute approximate surface area is 198 Å². The molecular formula is C26H29N3O5. The summed E-state index contributed by atoms with van der Waals surface area (Å²) in [7, 11) is 3.23. The van der Waals surface area contributed by atoms with Crippen molar-refractivity contribution < 1.29 is 24.1 Å². The number of carbonyl (C=O) groups is 1. The minimum Gasteiger partial charge on any atom is -0.493 e. The van der Waals surface area contributed by atoms with E-state index in [1.165, 1.54) is 0 Å². The third-order valence-corrected chi connectivity index (χ3v) is 6.72. The van der Waals surface area contributed by atoms with E-state index in [1.54, 1.807) is 14.2 Å². The molecule has 0 amide bonds. The van der Waals surface area contributed by atoms with E-state index in [0.29, 0.717) is 43.1 Å². The van der Waals surface area contributed by atoms with Crippen LogP contribution in [0.15, 0.2) is 30.5 Å². The maximum absolute atomic E-state index is 12.2. The number of benzene rings is 1. The van der Waals surface area contributed by atoms with Crippen molar-refractivity contribution in [3.05, 3.63) is 52.8 Å². The average Bonchev–Trinajstić information content (AvgIpc) is 3.44. The minimum atomic E-state index is -0.900. The Hall–Kier alpha value is -3.36. The van der Waals surface area contributed by atoms with Crippen molar-refractivity contribution >= 4 is 5.97 Å². The molecule has 1 aromatic carbocycles. The molecule has 2 aliphatic carbocycles. The van der Waals surface area contributed by atoms with Gasteiger partial charge in [0.1, 0.15) is 6.61 Å². The van der Waals surface area contributed by atoms with Crippen molar-refractivity contribution in [3.63, 3.8) is 0 Å². The Morgan fingerprint density at radius 3 is 2.71 bits per heavy atom. The van der Waals surface area contributed by atoms with Crippen LogP contribution in [0.25, 0.3) is 22.5 Å². The van der Waals surface area contributed by atoms with Gasteiger partial charge in [-0.3, -0.25) is 4.98 Å². The lowest BCUT2D eigenvalue weighted by atomic mass is 9.88. The number of hydrogen-bond acceptors (Lipinski definition) is 6. The van der Waals surface area contributed by atoms with Gasteiger partial charge in [-0.1, -0.05) is 0 Å². The minimum absolute atomic E-state index is 0.284. The molecule has 178 valence electrons. The molecule has 2 heterocycles. The van der Waals surface area contributed by atoms with E-state index in [0.717, 1.165) is 58.6 Å². The summed E-state index contributed by atoms with van der Waals surface area (Å²) in [5.74, 6) is 0.351. The molecule has 1 fully saturated rings. The molecule has 2 aliphatic rings. The Balaban J connectivity index is 1.52. The van der Waals surface area contributed by atoms with Gasteiger partial charge in [-0.05, 0) is 61.1 Å². The van der Waals surface area contributed by atoms with E-state index in [9.17, 15) is 9.90 Å². The fourth-order valence-corrected chi connectivity index (χ4v) is 4.67. The summed E-state index contributed by atoms with van der Waals surface area (Å²) in [6.07, 6.45) is 5.70. The monoisotopic (exact) mass is 463 g/mol. The first kappa shape index (κ1) is 22.4. The van der Waals surface area contributed by atoms with Gasteiger partial charge in [-0.25, -0.2) is 4.79 Å². The molecule has 0 bridgehead atoms. The van der Waals surface area contributed by atoms with Crippen molar-refractivity contribution in [2.24, 2.45) is 5.73 Å². The number of hydrogen-bond donors (Lipinski definition) is 3. The number of aromatic amines is 1. The highest BCUT2D eigenvalue weighted by Crippen LogP contribution is 2.42. The van der Waals surface area contributed by atoms with Gasteiger partial charge in [0, 0.05) is 42.1 Å². The molecule has 1 saturated carbocycles. The van der Waals surface area contributed by atoms with Crippen LogP contribution in [0.2, 0.25) is 0 Å². The lowest BCUT2D eigenvalue weighted by molar-refractivity contribution is 0.0694. The van der Waals surface area contributed by atoms with E-state index >= 15 is 0 Å². The molecule has 2 aromatic heterocycles. The number of carboxylic acids is 1. The number of aromatic carboxylic acids is 1. The van der Waals surface area contributed by atoms with E-state index in [1.807, 2.05) is 30.5 Å². The number of nitrogens with two attached hydrogens (primary N) is 1. The van der Waals surface area contributed by atoms with Gasteiger partial charge in [0.25, 0.3) is 0 Å². The fraction of sp³-hybridized carbons (Fsp3) is 0.385. The molecule has 0 atom stereocenters. The second-order valence-corrected chi connectivity index (χ2v) is 9.11. The highest BCUT2D eigenvalue weighted by atomic mass is 16.5. The molecule has 4 N–H and O–H groups in total. The van der Waals surface area contributed by atoms with Gasteiger partial charge < -0.3 is 30.0 Å². The summed E-state index contributed by atoms with van der Waals surface area (Å²) >= 11 is 0. The quantitative estimate of drug-likeness (QED) is 0.415. The number of aryl methyl sites for hydroxylation is 1. The summed E-state index contributed by atoms with van der Waals surface area (Å²) in [6, 6.07) is 7.72. The Morgan fingerprint density at radius 2 is 2.00 bits per heavy atom. The number of fused-ring (bicyclic) bond motifs is 3. The van der Waals surface area contributed by atoms with Crippen LogP contribution in [0.5, 0.6) is 11.5 Å². The van der Waals surface area contributed by atoms with Gasteiger partial charge in [-0.15, -0.1) is 0 Å². The van der Waals surface area contributed by atoms with Crippen LogP contribution in [-0.4, -0.2) is 54.0 Å². The predicted octanol–water partition coefficient (Wildman–Crippen LogP) is 3.61. The number of nitrogens with zero attached hydrogens (tertiary/aromatic N) is 1. The molecule has 0 saturated heterocycles. The molecule has 0 aliphatic heterocycles. The van der Waals surface area contributed by atoms with E-state index < -0.39 is 5.97 Å².